The monoisotopic (exact) mass is 1120 g/mol. The van der Waals surface area contributed by atoms with Gasteiger partial charge in [-0.1, -0.05) is 154 Å². The number of carbonyl (C=O) groups excluding carboxylic acids is 2. The summed E-state index contributed by atoms with van der Waals surface area (Å²) < 4.78 is 56.6. The zero-order chi connectivity index (χ0) is 56.4. The van der Waals surface area contributed by atoms with E-state index in [1.807, 2.05) is 12.2 Å². The minimum Gasteiger partial charge on any atom is -0.462 e. The number of nitrogens with two attached hydrogens (primary N) is 1. The van der Waals surface area contributed by atoms with Crippen molar-refractivity contribution in [2.75, 3.05) is 25.6 Å². The molecule has 1 aliphatic rings. The molecular weight excluding hydrogens is 1030 g/mol. The Morgan fingerprint density at radius 3 is 1.75 bits per heavy atom. The molecule has 0 aromatic carbocycles. The Labute approximate surface area is 454 Å². The lowest BCUT2D eigenvalue weighted by atomic mass is 10.1. The molecule has 19 nitrogen and oxygen atoms in total. The highest BCUT2D eigenvalue weighted by Gasteiger charge is 2.46. The van der Waals surface area contributed by atoms with Crippen LogP contribution in [0.3, 0.4) is 0 Å². The Kier molecular flexibility index (Phi) is 37.0. The summed E-state index contributed by atoms with van der Waals surface area (Å²) in [4.78, 5) is 62.0. The van der Waals surface area contributed by atoms with Crippen LogP contribution >= 0.6 is 15.6 Å². The molecule has 1 aliphatic heterocycles. The molecule has 1 aromatic heterocycles. The van der Waals surface area contributed by atoms with Crippen LogP contribution in [0, 0.1) is 0 Å². The van der Waals surface area contributed by atoms with Gasteiger partial charge in [0.05, 0.1) is 19.3 Å². The molecule has 0 amide bonds. The molecular formula is C56H83N3O16P2. The molecule has 0 bridgehead atoms. The highest BCUT2D eigenvalue weighted by atomic mass is 31.3. The topological polar surface area (TPSA) is 286 Å². The quantitative estimate of drug-likeness (QED) is 0.0117. The van der Waals surface area contributed by atoms with Crippen molar-refractivity contribution < 1.29 is 71.4 Å². The highest BCUT2D eigenvalue weighted by Crippen LogP contribution is 2.60. The summed E-state index contributed by atoms with van der Waals surface area (Å²) in [7, 11) is -11.0. The van der Waals surface area contributed by atoms with Crippen LogP contribution in [0.4, 0.5) is 5.82 Å². The van der Waals surface area contributed by atoms with E-state index in [9.17, 15) is 48.6 Å². The fourth-order valence-electron chi connectivity index (χ4n) is 6.80. The van der Waals surface area contributed by atoms with Gasteiger partial charge >= 0.3 is 33.3 Å². The Balaban J connectivity index is 1.88. The summed E-state index contributed by atoms with van der Waals surface area (Å²) in [5.41, 5.74) is 4.56. The largest absolute Gasteiger partial charge is 0.481 e. The van der Waals surface area contributed by atoms with Gasteiger partial charge in [0, 0.05) is 19.0 Å². The van der Waals surface area contributed by atoms with Crippen LogP contribution in [0.2, 0.25) is 0 Å². The SMILES string of the molecule is CC/C=C\C/C=C\C/C=C\C/C=C\C/C=C\C=C/C(O)CCC(=O)O[C@H](COC(=O)CCCCC/C=C\C/C=C\C/C=C\C/C=C\C/C=C\CC)COP(=O)(O)OP(=O)(O)OC[C@H]1O[C@@H](n2ccc(N)nc2=O)[C@H](O)[C@@H]1O. The number of phosphoric ester groups is 2. The molecule has 428 valence electrons. The summed E-state index contributed by atoms with van der Waals surface area (Å²) in [6.07, 6.45) is 48.5. The van der Waals surface area contributed by atoms with Gasteiger partial charge in [0.2, 0.25) is 0 Å². The average Bonchev–Trinajstić information content (AvgIpc) is 3.67. The van der Waals surface area contributed by atoms with Crippen LogP contribution in [0.5, 0.6) is 0 Å². The second kappa shape index (κ2) is 41.9. The molecule has 21 heteroatoms. The fraction of sp³-hybridized carbons (Fsp3) is 0.500. The van der Waals surface area contributed by atoms with Crippen molar-refractivity contribution >= 4 is 33.4 Å². The molecule has 1 saturated heterocycles. The van der Waals surface area contributed by atoms with E-state index in [0.29, 0.717) is 12.8 Å². The van der Waals surface area contributed by atoms with Crippen LogP contribution in [0.25, 0.3) is 0 Å². The number of allylic oxidation sites excluding steroid dienone is 21. The third-order valence-corrected chi connectivity index (χ3v) is 13.4. The molecule has 0 spiro atoms. The normalized spacial score (nSPS) is 20.1. The van der Waals surface area contributed by atoms with E-state index in [1.54, 1.807) is 12.2 Å². The zero-order valence-corrected chi connectivity index (χ0v) is 46.3. The Morgan fingerprint density at radius 2 is 1.21 bits per heavy atom. The van der Waals surface area contributed by atoms with E-state index in [0.717, 1.165) is 87.8 Å². The predicted octanol–water partition coefficient (Wildman–Crippen LogP) is 10.3. The third kappa shape index (κ3) is 34.4. The number of esters is 2. The molecule has 2 heterocycles. The van der Waals surface area contributed by atoms with Crippen molar-refractivity contribution in [1.29, 1.82) is 0 Å². The number of anilines is 1. The molecule has 8 atom stereocenters. The first-order valence-electron chi connectivity index (χ1n) is 26.3. The Hall–Kier alpha value is -5.14. The van der Waals surface area contributed by atoms with E-state index in [4.69, 9.17) is 29.0 Å². The van der Waals surface area contributed by atoms with Crippen molar-refractivity contribution in [1.82, 2.24) is 9.55 Å². The standard InChI is InChI=1S/C56H83N3O16P2/c1-3-5-7-9-11-13-15-17-19-21-22-23-25-27-29-31-33-35-37-39-51(61)70-44-48(73-52(62)41-40-47(60)38-36-34-32-30-28-26-24-20-18-16-14-12-10-8-6-4-2)45-71-76(66,67)75-77(68,69)72-46-49-53(63)54(64)55(74-49)59-43-42-50(57)58-56(59)65/h5-8,11-14,17-20,22-23,26-29,32,34,36,38,42-43,47-49,53-55,60,63-64H,3-4,9-10,15-16,21,24-25,30-31,33,35,37,39-41,44-46H2,1-2H3,(H,66,67)(H,68,69)(H2,57,58,65)/b7-5-,8-6-,13-11-,14-12-,19-17-,20-18-,23-22-,28-26-,29-27-,34-32-,38-36-/t47?,48-,49-,53-,54-,55-/m1/s1. The number of hydrogen-bond acceptors (Lipinski definition) is 16. The number of nitrogens with zero attached hydrogens (tertiary/aromatic N) is 2. The van der Waals surface area contributed by atoms with E-state index in [1.165, 1.54) is 12.1 Å². The first kappa shape index (κ1) is 68.0. The number of hydrogen-bond donors (Lipinski definition) is 6. The lowest BCUT2D eigenvalue weighted by molar-refractivity contribution is -0.161. The molecule has 1 aromatic rings. The van der Waals surface area contributed by atoms with Gasteiger partial charge < -0.3 is 45.1 Å². The Morgan fingerprint density at radius 1 is 0.688 bits per heavy atom. The zero-order valence-electron chi connectivity index (χ0n) is 44.6. The van der Waals surface area contributed by atoms with E-state index < -0.39 is 89.8 Å². The summed E-state index contributed by atoms with van der Waals surface area (Å²) in [5.74, 6) is -1.65. The van der Waals surface area contributed by atoms with Gasteiger partial charge in [0.25, 0.3) is 0 Å². The minimum absolute atomic E-state index is 0.0288. The van der Waals surface area contributed by atoms with Gasteiger partial charge in [-0.2, -0.15) is 9.29 Å². The second-order valence-corrected chi connectivity index (χ2v) is 20.5. The Bertz CT molecular complexity index is 2340. The van der Waals surface area contributed by atoms with Crippen molar-refractivity contribution in [3.05, 3.63) is 156 Å². The van der Waals surface area contributed by atoms with Crippen molar-refractivity contribution in [2.45, 2.75) is 160 Å². The molecule has 77 heavy (non-hydrogen) atoms. The number of aliphatic hydroxyl groups is 3. The number of nitrogen functional groups attached to an aromatic ring is 1. The number of aliphatic hydroxyl groups excluding tert-OH is 3. The molecule has 1 fully saturated rings. The van der Waals surface area contributed by atoms with Gasteiger partial charge in [0.1, 0.15) is 30.7 Å². The number of unbranched alkanes of at least 4 members (excludes halogenated alkanes) is 3. The van der Waals surface area contributed by atoms with Crippen molar-refractivity contribution in [3.8, 4) is 0 Å². The minimum atomic E-state index is -5.51. The number of carbonyl (C=O) groups is 2. The maximum absolute atomic E-state index is 12.9. The lowest BCUT2D eigenvalue weighted by Crippen LogP contribution is -2.36. The maximum Gasteiger partial charge on any atom is 0.481 e. The summed E-state index contributed by atoms with van der Waals surface area (Å²) in [6.45, 7) is 1.65. The van der Waals surface area contributed by atoms with Crippen LogP contribution < -0.4 is 11.4 Å². The van der Waals surface area contributed by atoms with Crippen LogP contribution in [-0.2, 0) is 46.3 Å². The lowest BCUT2D eigenvalue weighted by Gasteiger charge is -2.21. The average molecular weight is 1120 g/mol. The molecule has 2 rings (SSSR count). The van der Waals surface area contributed by atoms with Crippen molar-refractivity contribution in [2.24, 2.45) is 0 Å². The summed E-state index contributed by atoms with van der Waals surface area (Å²) in [6, 6.07) is 1.23. The highest BCUT2D eigenvalue weighted by molar-refractivity contribution is 7.61. The molecule has 7 N–H and O–H groups in total. The van der Waals surface area contributed by atoms with Gasteiger partial charge in [-0.15, -0.1) is 0 Å². The number of rotatable bonds is 41. The van der Waals surface area contributed by atoms with Crippen molar-refractivity contribution in [3.63, 3.8) is 0 Å². The van der Waals surface area contributed by atoms with E-state index in [-0.39, 0.29) is 25.1 Å². The van der Waals surface area contributed by atoms with Gasteiger partial charge in [-0.25, -0.2) is 13.9 Å². The second-order valence-electron chi connectivity index (χ2n) is 17.5. The van der Waals surface area contributed by atoms with Crippen LogP contribution in [0.1, 0.15) is 129 Å². The summed E-state index contributed by atoms with van der Waals surface area (Å²) in [5, 5.41) is 31.4. The molecule has 0 radical (unpaired) electrons. The number of ether oxygens (including phenoxy) is 3. The maximum atomic E-state index is 12.9. The van der Waals surface area contributed by atoms with Gasteiger partial charge in [-0.3, -0.25) is 23.2 Å². The fourth-order valence-corrected chi connectivity index (χ4v) is 8.91. The smallest absolute Gasteiger partial charge is 0.462 e. The molecule has 3 unspecified atom stereocenters. The third-order valence-electron chi connectivity index (χ3n) is 10.8. The number of aromatic nitrogens is 2. The van der Waals surface area contributed by atoms with Crippen LogP contribution in [0.15, 0.2) is 151 Å². The first-order valence-corrected chi connectivity index (χ1v) is 29.3. The van der Waals surface area contributed by atoms with E-state index in [2.05, 4.69) is 126 Å². The van der Waals surface area contributed by atoms with Crippen LogP contribution in [-0.4, -0.2) is 96.9 Å². The first-order chi connectivity index (χ1) is 37.1. The van der Waals surface area contributed by atoms with E-state index >= 15 is 0 Å². The predicted molar refractivity (Wildman–Crippen MR) is 299 cm³/mol. The van der Waals surface area contributed by atoms with Gasteiger partial charge in [0.15, 0.2) is 12.3 Å². The molecule has 0 aliphatic carbocycles. The number of phosphoric acid groups is 2. The van der Waals surface area contributed by atoms with Gasteiger partial charge in [-0.05, 0) is 96.0 Å². The molecule has 0 saturated carbocycles. The summed E-state index contributed by atoms with van der Waals surface area (Å²) >= 11 is 0.